The lowest BCUT2D eigenvalue weighted by molar-refractivity contribution is -0.138. The van der Waals surface area contributed by atoms with Crippen molar-refractivity contribution in [1.82, 2.24) is 0 Å². The molecule has 0 aliphatic rings. The van der Waals surface area contributed by atoms with E-state index in [1.807, 2.05) is 0 Å². The molecule has 7 nitrogen and oxygen atoms in total. The van der Waals surface area contributed by atoms with Gasteiger partial charge in [-0.1, -0.05) is 6.58 Å². The Hall–Kier alpha value is -4.60. The number of esters is 3. The third kappa shape index (κ3) is 7.45. The molecule has 0 saturated heterocycles. The molecule has 3 aromatic carbocycles. The Morgan fingerprint density at radius 2 is 1.14 bits per heavy atom. The second-order valence-corrected chi connectivity index (χ2v) is 7.07. The number of ether oxygens (including phenoxy) is 4. The molecule has 186 valence electrons. The van der Waals surface area contributed by atoms with Gasteiger partial charge in [0.25, 0.3) is 0 Å². The summed E-state index contributed by atoms with van der Waals surface area (Å²) in [7, 11) is 0. The number of carbonyl (C=O) groups is 3. The third-order valence-electron chi connectivity index (χ3n) is 4.55. The first-order valence-electron chi connectivity index (χ1n) is 10.4. The molecule has 3 rings (SSSR count). The van der Waals surface area contributed by atoms with Gasteiger partial charge in [0.15, 0.2) is 0 Å². The molecule has 0 saturated carbocycles. The Morgan fingerprint density at radius 1 is 0.694 bits per heavy atom. The Balaban J connectivity index is 1.50. The van der Waals surface area contributed by atoms with Gasteiger partial charge in [-0.15, -0.1) is 0 Å². The Morgan fingerprint density at radius 3 is 1.58 bits per heavy atom. The van der Waals surface area contributed by atoms with E-state index in [2.05, 4.69) is 6.58 Å². The first-order chi connectivity index (χ1) is 17.2. The van der Waals surface area contributed by atoms with Crippen LogP contribution in [0.5, 0.6) is 17.2 Å². The van der Waals surface area contributed by atoms with Crippen LogP contribution in [0.15, 0.2) is 85.5 Å². The molecule has 0 amide bonds. The summed E-state index contributed by atoms with van der Waals surface area (Å²) in [5.41, 5.74) is -0.680. The van der Waals surface area contributed by atoms with Gasteiger partial charge in [-0.3, -0.25) is 0 Å². The zero-order valence-corrected chi connectivity index (χ0v) is 18.6. The number of carbonyl (C=O) groups excluding carboxylic acids is 3. The van der Waals surface area contributed by atoms with Crippen LogP contribution in [0.1, 0.15) is 26.3 Å². The molecule has 0 aliphatic heterocycles. The van der Waals surface area contributed by atoms with E-state index < -0.39 is 29.6 Å². The lowest BCUT2D eigenvalue weighted by atomic mass is 10.1. The summed E-state index contributed by atoms with van der Waals surface area (Å²) in [6.45, 7) is 3.45. The predicted octanol–water partition coefficient (Wildman–Crippen LogP) is 5.25. The minimum absolute atomic E-state index is 0.0459. The quantitative estimate of drug-likeness (QED) is 0.172. The molecule has 0 radical (unpaired) electrons. The summed E-state index contributed by atoms with van der Waals surface area (Å²) >= 11 is 0. The largest absolute Gasteiger partial charge is 0.490 e. The third-order valence-corrected chi connectivity index (χ3v) is 4.55. The Kier molecular flexibility index (Phi) is 8.45. The fourth-order valence-corrected chi connectivity index (χ4v) is 2.75. The van der Waals surface area contributed by atoms with Crippen LogP contribution in [0.3, 0.4) is 0 Å². The van der Waals surface area contributed by atoms with Gasteiger partial charge < -0.3 is 18.9 Å². The first-order valence-corrected chi connectivity index (χ1v) is 10.4. The molecule has 3 aromatic rings. The Labute approximate surface area is 203 Å². The molecular formula is C26H19F3O7. The van der Waals surface area contributed by atoms with Crippen LogP contribution < -0.4 is 14.2 Å². The molecule has 0 unspecified atom stereocenters. The van der Waals surface area contributed by atoms with E-state index in [1.54, 1.807) is 12.1 Å². The highest BCUT2D eigenvalue weighted by molar-refractivity contribution is 5.92. The summed E-state index contributed by atoms with van der Waals surface area (Å²) in [6, 6.07) is 15.3. The highest BCUT2D eigenvalue weighted by Crippen LogP contribution is 2.29. The van der Waals surface area contributed by atoms with E-state index in [-0.39, 0.29) is 35.8 Å². The van der Waals surface area contributed by atoms with Crippen molar-refractivity contribution >= 4 is 17.9 Å². The van der Waals surface area contributed by atoms with Gasteiger partial charge in [-0.05, 0) is 72.8 Å². The lowest BCUT2D eigenvalue weighted by Crippen LogP contribution is -2.11. The first kappa shape index (κ1) is 26.0. The number of hydrogen-bond donors (Lipinski definition) is 0. The van der Waals surface area contributed by atoms with Crippen molar-refractivity contribution in [2.24, 2.45) is 0 Å². The highest BCUT2D eigenvalue weighted by atomic mass is 19.4. The van der Waals surface area contributed by atoms with Crippen LogP contribution in [0.4, 0.5) is 13.2 Å². The van der Waals surface area contributed by atoms with E-state index in [0.717, 1.165) is 30.3 Å². The maximum atomic E-state index is 12.6. The van der Waals surface area contributed by atoms with E-state index >= 15 is 0 Å². The summed E-state index contributed by atoms with van der Waals surface area (Å²) < 4.78 is 58.5. The van der Waals surface area contributed by atoms with Crippen LogP contribution in [-0.4, -0.2) is 31.1 Å². The lowest BCUT2D eigenvalue weighted by Gasteiger charge is -2.09. The van der Waals surface area contributed by atoms with Gasteiger partial charge >= 0.3 is 24.1 Å². The second-order valence-electron chi connectivity index (χ2n) is 7.07. The fourth-order valence-electron chi connectivity index (χ4n) is 2.75. The number of alkyl halides is 3. The summed E-state index contributed by atoms with van der Waals surface area (Å²) in [4.78, 5) is 35.5. The molecule has 0 spiro atoms. The van der Waals surface area contributed by atoms with E-state index in [1.165, 1.54) is 36.4 Å². The van der Waals surface area contributed by atoms with Crippen LogP contribution in [0.25, 0.3) is 0 Å². The van der Waals surface area contributed by atoms with Crippen molar-refractivity contribution < 1.29 is 46.5 Å². The van der Waals surface area contributed by atoms with Gasteiger partial charge in [-0.25, -0.2) is 14.4 Å². The molecule has 0 aliphatic carbocycles. The van der Waals surface area contributed by atoms with Crippen molar-refractivity contribution in [3.8, 4) is 17.2 Å². The van der Waals surface area contributed by atoms with Crippen LogP contribution in [0.2, 0.25) is 0 Å². The molecule has 36 heavy (non-hydrogen) atoms. The average molecular weight is 500 g/mol. The van der Waals surface area contributed by atoms with Crippen LogP contribution in [-0.2, 0) is 15.7 Å². The van der Waals surface area contributed by atoms with E-state index in [4.69, 9.17) is 18.9 Å². The van der Waals surface area contributed by atoms with Crippen molar-refractivity contribution in [3.63, 3.8) is 0 Å². The molecule has 0 atom stereocenters. The molecule has 0 bridgehead atoms. The minimum atomic E-state index is -4.51. The second kappa shape index (κ2) is 11.7. The SMILES string of the molecule is C=CC(=O)OCCOc1ccc(C(=O)Oc2ccc(OC(=O)c3ccc(C(F)(F)F)cc3)cc2)cc1. The van der Waals surface area contributed by atoms with Crippen molar-refractivity contribution in [2.75, 3.05) is 13.2 Å². The number of benzene rings is 3. The van der Waals surface area contributed by atoms with Gasteiger partial charge in [0, 0.05) is 6.08 Å². The monoisotopic (exact) mass is 500 g/mol. The van der Waals surface area contributed by atoms with Crippen LogP contribution >= 0.6 is 0 Å². The van der Waals surface area contributed by atoms with Gasteiger partial charge in [0.1, 0.15) is 30.5 Å². The number of hydrogen-bond acceptors (Lipinski definition) is 7. The Bertz CT molecular complexity index is 1220. The summed E-state index contributed by atoms with van der Waals surface area (Å²) in [5.74, 6) is -1.29. The van der Waals surface area contributed by atoms with Crippen LogP contribution in [0, 0.1) is 0 Å². The standard InChI is InChI=1S/C26H19F3O7/c1-2-23(30)34-16-15-33-20-9-5-18(6-10-20)25(32)36-22-13-11-21(12-14-22)35-24(31)17-3-7-19(8-4-17)26(27,28)29/h2-14H,1,15-16H2. The van der Waals surface area contributed by atoms with Gasteiger partial charge in [-0.2, -0.15) is 13.2 Å². The zero-order valence-electron chi connectivity index (χ0n) is 18.6. The van der Waals surface area contributed by atoms with Crippen molar-refractivity contribution in [1.29, 1.82) is 0 Å². The summed E-state index contributed by atoms with van der Waals surface area (Å²) in [5, 5.41) is 0. The van der Waals surface area contributed by atoms with Gasteiger partial charge in [0.2, 0.25) is 0 Å². The average Bonchev–Trinajstić information content (AvgIpc) is 2.87. The predicted molar refractivity (Wildman–Crippen MR) is 121 cm³/mol. The maximum absolute atomic E-state index is 12.6. The highest BCUT2D eigenvalue weighted by Gasteiger charge is 2.30. The minimum Gasteiger partial charge on any atom is -0.490 e. The topological polar surface area (TPSA) is 88.1 Å². The smallest absolute Gasteiger partial charge is 0.416 e. The van der Waals surface area contributed by atoms with E-state index in [9.17, 15) is 27.6 Å². The molecular weight excluding hydrogens is 481 g/mol. The van der Waals surface area contributed by atoms with Crippen molar-refractivity contribution in [2.45, 2.75) is 6.18 Å². The molecule has 0 heterocycles. The molecule has 0 N–H and O–H groups in total. The molecule has 10 heteroatoms. The van der Waals surface area contributed by atoms with E-state index in [0.29, 0.717) is 5.75 Å². The zero-order chi connectivity index (χ0) is 26.1. The van der Waals surface area contributed by atoms with Crippen molar-refractivity contribution in [3.05, 3.63) is 102 Å². The molecule has 0 aromatic heterocycles. The fraction of sp³-hybridized carbons (Fsp3) is 0.115. The number of rotatable bonds is 9. The molecule has 0 fully saturated rings. The number of halogens is 3. The van der Waals surface area contributed by atoms with Gasteiger partial charge in [0.05, 0.1) is 16.7 Å². The normalized spacial score (nSPS) is 10.8. The maximum Gasteiger partial charge on any atom is 0.416 e. The summed E-state index contributed by atoms with van der Waals surface area (Å²) in [6.07, 6.45) is -3.46.